The zero-order valence-corrected chi connectivity index (χ0v) is 15.8. The molecule has 0 aromatic rings. The zero-order valence-electron chi connectivity index (χ0n) is 15.0. The summed E-state index contributed by atoms with van der Waals surface area (Å²) in [5.41, 5.74) is 0. The molecule has 0 fully saturated rings. The van der Waals surface area contributed by atoms with Crippen molar-refractivity contribution in [2.24, 2.45) is 0 Å². The number of carbonyl (C=O) groups excluding carboxylic acids is 1. The van der Waals surface area contributed by atoms with Crippen LogP contribution in [0.15, 0.2) is 0 Å². The summed E-state index contributed by atoms with van der Waals surface area (Å²) in [4.78, 5) is 10.9. The summed E-state index contributed by atoms with van der Waals surface area (Å²) in [6.07, 6.45) is -7.93. The molecule has 1 N–H and O–H groups in total. The average molecular weight is 573 g/mol. The van der Waals surface area contributed by atoms with Gasteiger partial charge < -0.3 is 5.32 Å². The Morgan fingerprint density at radius 3 is 1.03 bits per heavy atom. The Balaban J connectivity index is 6.86. The fourth-order valence-corrected chi connectivity index (χ4v) is 1.90. The maximum absolute atomic E-state index is 13.5. The van der Waals surface area contributed by atoms with E-state index in [4.69, 9.17) is 0 Å². The van der Waals surface area contributed by atoms with E-state index in [0.717, 1.165) is 0 Å². The van der Waals surface area contributed by atoms with Crippen LogP contribution in [0.4, 0.5) is 83.4 Å². The Kier molecular flexibility index (Phi) is 8.18. The monoisotopic (exact) mass is 573 g/mol. The minimum atomic E-state index is -9.01. The Labute approximate surface area is 179 Å². The van der Waals surface area contributed by atoms with Crippen LogP contribution in [-0.2, 0) is 4.79 Å². The van der Waals surface area contributed by atoms with Crippen LogP contribution < -0.4 is 5.32 Å². The van der Waals surface area contributed by atoms with Crippen LogP contribution in [0, 0.1) is 0 Å². The highest BCUT2D eigenvalue weighted by Gasteiger charge is 2.97. The number of rotatable bonds is 10. The third kappa shape index (κ3) is 4.09. The first-order valence-corrected chi connectivity index (χ1v) is 8.10. The van der Waals surface area contributed by atoms with E-state index in [9.17, 15) is 88.2 Å². The molecule has 0 aliphatic carbocycles. The van der Waals surface area contributed by atoms with Crippen molar-refractivity contribution in [3.8, 4) is 0 Å². The van der Waals surface area contributed by atoms with Crippen molar-refractivity contribution in [1.29, 1.82) is 0 Å². The number of carbonyl (C=O) groups is 1. The maximum Gasteiger partial charge on any atom is 0.460 e. The molecule has 0 saturated heterocycles. The third-order valence-corrected chi connectivity index (χ3v) is 4.02. The van der Waals surface area contributed by atoms with E-state index in [2.05, 4.69) is 12.6 Å². The number of alkyl halides is 19. The van der Waals surface area contributed by atoms with E-state index in [1.807, 2.05) is 0 Å². The number of hydrogen-bond acceptors (Lipinski definition) is 2. The zero-order chi connectivity index (χ0) is 28.2. The second kappa shape index (κ2) is 8.56. The van der Waals surface area contributed by atoms with Gasteiger partial charge in [0.15, 0.2) is 0 Å². The van der Waals surface area contributed by atoms with Crippen molar-refractivity contribution in [2.45, 2.75) is 53.6 Å². The lowest BCUT2D eigenvalue weighted by Crippen LogP contribution is -2.76. The standard InChI is InChI=1S/C12H6F19NOS/c13-4(14,3(33)32-1-2-34)5(15,16)6(17,18)7(19,20)8(21,22)9(23,24)10(25,26)11(27,28)12(29,30)31/h34H,1-2H2,(H,32,33). The van der Waals surface area contributed by atoms with Crippen molar-refractivity contribution in [2.75, 3.05) is 12.3 Å². The van der Waals surface area contributed by atoms with Gasteiger partial charge >= 0.3 is 53.6 Å². The molecule has 0 saturated carbocycles. The van der Waals surface area contributed by atoms with Gasteiger partial charge in [-0.2, -0.15) is 96.0 Å². The Hall–Kier alpha value is -1.51. The molecular formula is C12H6F19NOS. The number of hydrogen-bond donors (Lipinski definition) is 2. The molecule has 204 valence electrons. The molecule has 1 amide bonds. The normalized spacial score (nSPS) is 16.0. The summed E-state index contributed by atoms with van der Waals surface area (Å²) in [5, 5.41) is 0.629. The summed E-state index contributed by atoms with van der Waals surface area (Å²) in [6.45, 7) is -1.21. The maximum atomic E-state index is 13.5. The van der Waals surface area contributed by atoms with Gasteiger partial charge in [-0.25, -0.2) is 0 Å². The van der Waals surface area contributed by atoms with Gasteiger partial charge in [-0.3, -0.25) is 4.79 Å². The van der Waals surface area contributed by atoms with Gasteiger partial charge in [-0.05, 0) is 0 Å². The van der Waals surface area contributed by atoms with E-state index >= 15 is 0 Å². The summed E-state index contributed by atoms with van der Waals surface area (Å²) in [6, 6.07) is 0. The summed E-state index contributed by atoms with van der Waals surface area (Å²) in [7, 11) is 0. The summed E-state index contributed by atoms with van der Waals surface area (Å²) >= 11 is 3.20. The van der Waals surface area contributed by atoms with E-state index in [-0.39, 0.29) is 0 Å². The van der Waals surface area contributed by atoms with E-state index in [0.29, 0.717) is 5.32 Å². The lowest BCUT2D eigenvalue weighted by atomic mass is 9.87. The smallest absolute Gasteiger partial charge is 0.350 e. The Morgan fingerprint density at radius 1 is 0.500 bits per heavy atom. The summed E-state index contributed by atoms with van der Waals surface area (Å²) in [5.74, 6) is -72.4. The van der Waals surface area contributed by atoms with Gasteiger partial charge in [0.2, 0.25) is 0 Å². The van der Waals surface area contributed by atoms with E-state index in [1.54, 1.807) is 0 Å². The molecule has 0 atom stereocenters. The van der Waals surface area contributed by atoms with Crippen LogP contribution in [0.3, 0.4) is 0 Å². The number of thiol groups is 1. The molecule has 0 aliphatic rings. The lowest BCUT2D eigenvalue weighted by Gasteiger charge is -2.43. The predicted molar refractivity (Wildman–Crippen MR) is 72.5 cm³/mol. The Morgan fingerprint density at radius 2 is 0.765 bits per heavy atom. The van der Waals surface area contributed by atoms with Crippen LogP contribution >= 0.6 is 12.6 Å². The van der Waals surface area contributed by atoms with Crippen LogP contribution in [0.5, 0.6) is 0 Å². The SMILES string of the molecule is O=C(NCCS)C(F)(F)C(F)(F)C(F)(F)C(F)(F)C(F)(F)C(F)(F)C(F)(F)C(F)(F)C(F)(F)F. The summed E-state index contributed by atoms with van der Waals surface area (Å²) < 4.78 is 248. The molecule has 0 heterocycles. The molecule has 22 heteroatoms. The second-order valence-corrected chi connectivity index (χ2v) is 6.52. The van der Waals surface area contributed by atoms with Crippen LogP contribution in [0.1, 0.15) is 0 Å². The number of nitrogens with one attached hydrogen (secondary N) is 1. The molecule has 0 aromatic carbocycles. The van der Waals surface area contributed by atoms with Crippen molar-refractivity contribution < 1.29 is 88.2 Å². The lowest BCUT2D eigenvalue weighted by molar-refractivity contribution is -0.467. The van der Waals surface area contributed by atoms with Crippen molar-refractivity contribution in [3.63, 3.8) is 0 Å². The molecule has 0 spiro atoms. The van der Waals surface area contributed by atoms with Crippen molar-refractivity contribution in [1.82, 2.24) is 5.32 Å². The van der Waals surface area contributed by atoms with E-state index < -0.39 is 71.8 Å². The minimum absolute atomic E-state index is 0.629. The van der Waals surface area contributed by atoms with Crippen LogP contribution in [-0.4, -0.2) is 71.8 Å². The number of halogens is 19. The van der Waals surface area contributed by atoms with Gasteiger partial charge in [0.05, 0.1) is 0 Å². The second-order valence-electron chi connectivity index (χ2n) is 6.07. The molecule has 0 bridgehead atoms. The van der Waals surface area contributed by atoms with Crippen LogP contribution in [0.2, 0.25) is 0 Å². The molecule has 2 nitrogen and oxygen atoms in total. The highest BCUT2D eigenvalue weighted by Crippen LogP contribution is 2.65. The molecule has 34 heavy (non-hydrogen) atoms. The van der Waals surface area contributed by atoms with Crippen LogP contribution in [0.25, 0.3) is 0 Å². The van der Waals surface area contributed by atoms with Gasteiger partial charge in [0, 0.05) is 12.3 Å². The average Bonchev–Trinajstić information content (AvgIpc) is 2.63. The first-order valence-electron chi connectivity index (χ1n) is 7.46. The predicted octanol–water partition coefficient (Wildman–Crippen LogP) is 5.68. The minimum Gasteiger partial charge on any atom is -0.350 e. The van der Waals surface area contributed by atoms with Gasteiger partial charge in [-0.15, -0.1) is 0 Å². The van der Waals surface area contributed by atoms with Crippen molar-refractivity contribution in [3.05, 3.63) is 0 Å². The first-order chi connectivity index (χ1) is 14.5. The molecule has 0 aliphatic heterocycles. The molecule has 0 rings (SSSR count). The van der Waals surface area contributed by atoms with Gasteiger partial charge in [0.25, 0.3) is 5.91 Å². The first kappa shape index (κ1) is 32.5. The van der Waals surface area contributed by atoms with E-state index in [1.165, 1.54) is 0 Å². The van der Waals surface area contributed by atoms with Crippen molar-refractivity contribution >= 4 is 18.5 Å². The molecule has 0 radical (unpaired) electrons. The fraction of sp³-hybridized carbons (Fsp3) is 0.917. The largest absolute Gasteiger partial charge is 0.460 e. The van der Waals surface area contributed by atoms with Gasteiger partial charge in [0.1, 0.15) is 0 Å². The Bertz CT molecular complexity index is 757. The molecule has 0 aromatic heterocycles. The molecule has 0 unspecified atom stereocenters. The number of amides is 1. The topological polar surface area (TPSA) is 29.1 Å². The van der Waals surface area contributed by atoms with Gasteiger partial charge in [-0.1, -0.05) is 0 Å². The highest BCUT2D eigenvalue weighted by atomic mass is 32.1. The third-order valence-electron chi connectivity index (χ3n) is 3.80. The quantitative estimate of drug-likeness (QED) is 0.256. The fourth-order valence-electron chi connectivity index (χ4n) is 1.78. The highest BCUT2D eigenvalue weighted by molar-refractivity contribution is 7.80. The molecular weight excluding hydrogens is 567 g/mol.